The molecular weight excluding hydrogens is 202 g/mol. The number of hydrogen-bond acceptors (Lipinski definition) is 3. The van der Waals surface area contributed by atoms with Crippen molar-refractivity contribution in [2.24, 2.45) is 7.05 Å². The molecule has 0 unspecified atom stereocenters. The van der Waals surface area contributed by atoms with Gasteiger partial charge in [0.05, 0.1) is 23.3 Å². The monoisotopic (exact) mass is 211 g/mol. The molecule has 0 N–H and O–H groups in total. The zero-order valence-corrected chi connectivity index (χ0v) is 8.75. The second-order valence-corrected chi connectivity index (χ2v) is 3.38. The van der Waals surface area contributed by atoms with Gasteiger partial charge >= 0.3 is 0 Å². The van der Waals surface area contributed by atoms with E-state index < -0.39 is 0 Å². The minimum absolute atomic E-state index is 0.396. The molecule has 0 aliphatic heterocycles. The van der Waals surface area contributed by atoms with Crippen molar-refractivity contribution in [1.82, 2.24) is 14.9 Å². The molecule has 0 radical (unpaired) electrons. The van der Waals surface area contributed by atoms with Crippen LogP contribution in [0, 0.1) is 6.92 Å². The lowest BCUT2D eigenvalue weighted by Gasteiger charge is -1.93. The molecule has 74 valence electrons. The molecule has 0 amide bonds. The average molecular weight is 212 g/mol. The highest BCUT2D eigenvalue weighted by Gasteiger charge is 2.14. The second kappa shape index (κ2) is 3.46. The van der Waals surface area contributed by atoms with E-state index in [-0.39, 0.29) is 0 Å². The van der Waals surface area contributed by atoms with Gasteiger partial charge in [-0.2, -0.15) is 5.10 Å². The van der Waals surface area contributed by atoms with Crippen molar-refractivity contribution in [2.45, 2.75) is 12.8 Å². The zero-order chi connectivity index (χ0) is 10.1. The molecule has 0 saturated carbocycles. The molecule has 0 saturated heterocycles. The number of aromatic nitrogens is 3. The third-order valence-corrected chi connectivity index (χ3v) is 2.33. The maximum atomic E-state index is 5.76. The summed E-state index contributed by atoms with van der Waals surface area (Å²) in [6.07, 6.45) is 3.53. The Labute approximate surface area is 86.5 Å². The lowest BCUT2D eigenvalue weighted by Crippen LogP contribution is -1.86. The Kier molecular flexibility index (Phi) is 2.29. The lowest BCUT2D eigenvalue weighted by molar-refractivity contribution is 0.431. The maximum absolute atomic E-state index is 5.76. The Morgan fingerprint density at radius 3 is 2.93 bits per heavy atom. The Bertz CT molecular complexity index is 447. The van der Waals surface area contributed by atoms with Crippen LogP contribution < -0.4 is 0 Å². The van der Waals surface area contributed by atoms with Crippen LogP contribution in [0.15, 0.2) is 16.9 Å². The summed E-state index contributed by atoms with van der Waals surface area (Å²) in [7, 11) is 1.87. The summed E-state index contributed by atoms with van der Waals surface area (Å²) in [5.74, 6) is 1.11. The number of nitrogens with zero attached hydrogens (tertiary/aromatic N) is 3. The molecule has 14 heavy (non-hydrogen) atoms. The van der Waals surface area contributed by atoms with Crippen LogP contribution in [0.3, 0.4) is 0 Å². The molecule has 5 heteroatoms. The molecule has 4 nitrogen and oxygen atoms in total. The summed E-state index contributed by atoms with van der Waals surface area (Å²) in [5.41, 5.74) is 2.75. The van der Waals surface area contributed by atoms with E-state index >= 15 is 0 Å². The first-order valence-electron chi connectivity index (χ1n) is 4.22. The number of aryl methyl sites for hydroxylation is 2. The minimum atomic E-state index is 0.396. The van der Waals surface area contributed by atoms with E-state index in [1.807, 2.05) is 20.2 Å². The first kappa shape index (κ1) is 9.27. The molecule has 2 heterocycles. The van der Waals surface area contributed by atoms with Crippen LogP contribution in [-0.2, 0) is 12.9 Å². The number of halogens is 1. The average Bonchev–Trinajstić information content (AvgIpc) is 2.71. The van der Waals surface area contributed by atoms with Gasteiger partial charge in [0.1, 0.15) is 0 Å². The Morgan fingerprint density at radius 2 is 2.36 bits per heavy atom. The van der Waals surface area contributed by atoms with E-state index in [1.54, 1.807) is 10.9 Å². The predicted molar refractivity (Wildman–Crippen MR) is 53.0 cm³/mol. The van der Waals surface area contributed by atoms with Gasteiger partial charge < -0.3 is 4.52 Å². The summed E-state index contributed by atoms with van der Waals surface area (Å²) in [6.45, 7) is 1.93. The van der Waals surface area contributed by atoms with Gasteiger partial charge in [0.2, 0.25) is 0 Å². The zero-order valence-electron chi connectivity index (χ0n) is 7.99. The van der Waals surface area contributed by atoms with Crippen molar-refractivity contribution >= 4 is 11.6 Å². The highest BCUT2D eigenvalue weighted by molar-refractivity contribution is 6.17. The summed E-state index contributed by atoms with van der Waals surface area (Å²) in [4.78, 5) is 0. The quantitative estimate of drug-likeness (QED) is 0.715. The van der Waals surface area contributed by atoms with Crippen molar-refractivity contribution in [3.05, 3.63) is 23.7 Å². The fraction of sp³-hybridized carbons (Fsp3) is 0.333. The van der Waals surface area contributed by atoms with Crippen molar-refractivity contribution in [1.29, 1.82) is 0 Å². The largest absolute Gasteiger partial charge is 0.356 e. The first-order chi connectivity index (χ1) is 6.72. The SMILES string of the molecule is Cc1nn(C)cc1-c1oncc1CCl. The third-order valence-electron chi connectivity index (χ3n) is 2.05. The molecule has 0 atom stereocenters. The molecule has 0 aliphatic rings. The van der Waals surface area contributed by atoms with E-state index in [4.69, 9.17) is 16.1 Å². The van der Waals surface area contributed by atoms with Gasteiger partial charge in [-0.3, -0.25) is 4.68 Å². The van der Waals surface area contributed by atoms with Crippen molar-refractivity contribution < 1.29 is 4.52 Å². The molecule has 2 aromatic heterocycles. The summed E-state index contributed by atoms with van der Waals surface area (Å²) >= 11 is 5.76. The Balaban J connectivity index is 2.53. The van der Waals surface area contributed by atoms with Crippen LogP contribution in [0.2, 0.25) is 0 Å². The van der Waals surface area contributed by atoms with Crippen LogP contribution in [-0.4, -0.2) is 14.9 Å². The van der Waals surface area contributed by atoms with Gasteiger partial charge in [-0.1, -0.05) is 5.16 Å². The van der Waals surface area contributed by atoms with E-state index in [9.17, 15) is 0 Å². The van der Waals surface area contributed by atoms with Crippen molar-refractivity contribution in [2.75, 3.05) is 0 Å². The van der Waals surface area contributed by atoms with Crippen molar-refractivity contribution in [3.63, 3.8) is 0 Å². The van der Waals surface area contributed by atoms with Crippen LogP contribution in [0.1, 0.15) is 11.3 Å². The predicted octanol–water partition coefficient (Wildman–Crippen LogP) is 2.12. The standard InChI is InChI=1S/C9H10ClN3O/c1-6-8(5-13(2)12-6)9-7(3-10)4-11-14-9/h4-5H,3H2,1-2H3. The van der Waals surface area contributed by atoms with Crippen LogP contribution >= 0.6 is 11.6 Å². The summed E-state index contributed by atoms with van der Waals surface area (Å²) in [6, 6.07) is 0. The second-order valence-electron chi connectivity index (χ2n) is 3.12. The lowest BCUT2D eigenvalue weighted by atomic mass is 10.1. The van der Waals surface area contributed by atoms with Gasteiger partial charge in [-0.05, 0) is 6.92 Å². The van der Waals surface area contributed by atoms with Gasteiger partial charge in [0, 0.05) is 18.8 Å². The van der Waals surface area contributed by atoms with E-state index in [2.05, 4.69) is 10.3 Å². The molecule has 0 aliphatic carbocycles. The number of alkyl halides is 1. The molecule has 0 bridgehead atoms. The smallest absolute Gasteiger partial charge is 0.174 e. The molecular formula is C9H10ClN3O. The van der Waals surface area contributed by atoms with Gasteiger partial charge in [-0.15, -0.1) is 11.6 Å². The number of rotatable bonds is 2. The van der Waals surface area contributed by atoms with E-state index in [0.29, 0.717) is 11.6 Å². The highest BCUT2D eigenvalue weighted by Crippen LogP contribution is 2.26. The topological polar surface area (TPSA) is 43.9 Å². The Hall–Kier alpha value is -1.29. The van der Waals surface area contributed by atoms with Crippen LogP contribution in [0.5, 0.6) is 0 Å². The summed E-state index contributed by atoms with van der Waals surface area (Å²) < 4.78 is 6.89. The summed E-state index contributed by atoms with van der Waals surface area (Å²) in [5, 5.41) is 7.95. The third kappa shape index (κ3) is 1.42. The van der Waals surface area contributed by atoms with Gasteiger partial charge in [0.15, 0.2) is 5.76 Å². The van der Waals surface area contributed by atoms with Crippen molar-refractivity contribution in [3.8, 4) is 11.3 Å². The van der Waals surface area contributed by atoms with Gasteiger partial charge in [0.25, 0.3) is 0 Å². The fourth-order valence-corrected chi connectivity index (χ4v) is 1.59. The fourth-order valence-electron chi connectivity index (χ4n) is 1.40. The van der Waals surface area contributed by atoms with Crippen LogP contribution in [0.4, 0.5) is 0 Å². The van der Waals surface area contributed by atoms with E-state index in [0.717, 1.165) is 16.8 Å². The number of hydrogen-bond donors (Lipinski definition) is 0. The van der Waals surface area contributed by atoms with Crippen LogP contribution in [0.25, 0.3) is 11.3 Å². The highest BCUT2D eigenvalue weighted by atomic mass is 35.5. The maximum Gasteiger partial charge on any atom is 0.174 e. The molecule has 2 aromatic rings. The normalized spacial score (nSPS) is 10.8. The molecule has 0 spiro atoms. The molecule has 0 fully saturated rings. The molecule has 0 aromatic carbocycles. The Morgan fingerprint density at radius 1 is 1.57 bits per heavy atom. The minimum Gasteiger partial charge on any atom is -0.356 e. The molecule has 2 rings (SSSR count). The van der Waals surface area contributed by atoms with E-state index in [1.165, 1.54) is 0 Å². The first-order valence-corrected chi connectivity index (χ1v) is 4.76. The van der Waals surface area contributed by atoms with Gasteiger partial charge in [-0.25, -0.2) is 0 Å².